The maximum atomic E-state index is 6.02. The van der Waals surface area contributed by atoms with E-state index in [0.717, 1.165) is 40.6 Å². The summed E-state index contributed by atoms with van der Waals surface area (Å²) in [5.41, 5.74) is 9.98. The standard InChI is InChI=1S/C16H16N4/c1-2-5-13-15(19-10-20-16(13)17)12-6-3-8-14-11(12)7-4-9-18-14/h3-4,6-10H,2,5H2,1H3,(H2,17,19,20). The van der Waals surface area contributed by atoms with Crippen LogP contribution >= 0.6 is 0 Å². The second-order valence-corrected chi connectivity index (χ2v) is 4.71. The molecular formula is C16H16N4. The van der Waals surface area contributed by atoms with Crippen LogP contribution in [0.4, 0.5) is 5.82 Å². The van der Waals surface area contributed by atoms with Crippen molar-refractivity contribution in [3.63, 3.8) is 0 Å². The van der Waals surface area contributed by atoms with Crippen LogP contribution in [-0.2, 0) is 6.42 Å². The highest BCUT2D eigenvalue weighted by Crippen LogP contribution is 2.30. The third-order valence-electron chi connectivity index (χ3n) is 3.38. The Morgan fingerprint density at radius 1 is 1.05 bits per heavy atom. The van der Waals surface area contributed by atoms with E-state index in [-0.39, 0.29) is 0 Å². The molecule has 3 rings (SSSR count). The Kier molecular flexibility index (Phi) is 3.29. The Bertz CT molecular complexity index is 747. The molecule has 0 aliphatic carbocycles. The largest absolute Gasteiger partial charge is 0.383 e. The van der Waals surface area contributed by atoms with Gasteiger partial charge in [-0.05, 0) is 18.6 Å². The monoisotopic (exact) mass is 264 g/mol. The van der Waals surface area contributed by atoms with Crippen LogP contribution in [0, 0.1) is 0 Å². The zero-order valence-electron chi connectivity index (χ0n) is 11.4. The number of hydrogen-bond donors (Lipinski definition) is 1. The van der Waals surface area contributed by atoms with Gasteiger partial charge < -0.3 is 5.73 Å². The van der Waals surface area contributed by atoms with Gasteiger partial charge in [-0.15, -0.1) is 0 Å². The van der Waals surface area contributed by atoms with E-state index < -0.39 is 0 Å². The molecule has 1 aromatic carbocycles. The zero-order chi connectivity index (χ0) is 13.9. The van der Waals surface area contributed by atoms with Gasteiger partial charge in [0.1, 0.15) is 12.1 Å². The van der Waals surface area contributed by atoms with Crippen molar-refractivity contribution >= 4 is 16.7 Å². The van der Waals surface area contributed by atoms with Crippen LogP contribution in [0.2, 0.25) is 0 Å². The molecule has 0 fully saturated rings. The van der Waals surface area contributed by atoms with Crippen molar-refractivity contribution in [2.75, 3.05) is 5.73 Å². The minimum Gasteiger partial charge on any atom is -0.383 e. The predicted molar refractivity (Wildman–Crippen MR) is 81.2 cm³/mol. The highest BCUT2D eigenvalue weighted by Gasteiger charge is 2.13. The first-order chi connectivity index (χ1) is 9.81. The Balaban J connectivity index is 2.28. The summed E-state index contributed by atoms with van der Waals surface area (Å²) in [7, 11) is 0. The van der Waals surface area contributed by atoms with E-state index in [1.807, 2.05) is 18.2 Å². The van der Waals surface area contributed by atoms with E-state index in [9.17, 15) is 0 Å². The van der Waals surface area contributed by atoms with Crippen molar-refractivity contribution in [3.8, 4) is 11.3 Å². The van der Waals surface area contributed by atoms with Crippen molar-refractivity contribution in [2.24, 2.45) is 0 Å². The normalized spacial score (nSPS) is 10.8. The van der Waals surface area contributed by atoms with Gasteiger partial charge in [0.05, 0.1) is 11.2 Å². The van der Waals surface area contributed by atoms with E-state index in [1.54, 1.807) is 6.20 Å². The fraction of sp³-hybridized carbons (Fsp3) is 0.188. The third kappa shape index (κ3) is 2.09. The van der Waals surface area contributed by atoms with Crippen LogP contribution in [0.25, 0.3) is 22.2 Å². The molecule has 0 saturated heterocycles. The van der Waals surface area contributed by atoms with Crippen LogP contribution in [0.5, 0.6) is 0 Å². The lowest BCUT2D eigenvalue weighted by Gasteiger charge is -2.11. The Morgan fingerprint density at radius 2 is 1.95 bits per heavy atom. The number of nitrogen functional groups attached to an aromatic ring is 1. The molecule has 0 aliphatic rings. The van der Waals surface area contributed by atoms with Gasteiger partial charge in [0.2, 0.25) is 0 Å². The van der Waals surface area contributed by atoms with Gasteiger partial charge in [-0.25, -0.2) is 9.97 Å². The minimum atomic E-state index is 0.567. The SMILES string of the molecule is CCCc1c(N)ncnc1-c1cccc2ncccc12. The number of anilines is 1. The first-order valence-corrected chi connectivity index (χ1v) is 6.74. The summed E-state index contributed by atoms with van der Waals surface area (Å²) in [6.45, 7) is 2.13. The molecule has 0 aliphatic heterocycles. The Labute approximate surface area is 117 Å². The molecule has 4 heteroatoms. The van der Waals surface area contributed by atoms with E-state index in [1.165, 1.54) is 6.33 Å². The topological polar surface area (TPSA) is 64.7 Å². The average Bonchev–Trinajstić information content (AvgIpc) is 2.49. The molecule has 0 unspecified atom stereocenters. The van der Waals surface area contributed by atoms with E-state index >= 15 is 0 Å². The Hall–Kier alpha value is -2.49. The second kappa shape index (κ2) is 5.25. The van der Waals surface area contributed by atoms with Gasteiger partial charge in [-0.1, -0.05) is 31.5 Å². The lowest BCUT2D eigenvalue weighted by molar-refractivity contribution is 0.909. The van der Waals surface area contributed by atoms with Crippen molar-refractivity contribution in [2.45, 2.75) is 19.8 Å². The van der Waals surface area contributed by atoms with Gasteiger partial charge in [0, 0.05) is 22.7 Å². The molecule has 2 N–H and O–H groups in total. The molecule has 0 spiro atoms. The van der Waals surface area contributed by atoms with Crippen LogP contribution in [0.1, 0.15) is 18.9 Å². The number of benzene rings is 1. The molecule has 0 amide bonds. The molecule has 0 atom stereocenters. The first-order valence-electron chi connectivity index (χ1n) is 6.74. The average molecular weight is 264 g/mol. The maximum Gasteiger partial charge on any atom is 0.130 e. The molecule has 0 saturated carbocycles. The summed E-state index contributed by atoms with van der Waals surface area (Å²) in [6.07, 6.45) is 5.21. The summed E-state index contributed by atoms with van der Waals surface area (Å²) >= 11 is 0. The number of nitrogens with two attached hydrogens (primary N) is 1. The van der Waals surface area contributed by atoms with E-state index in [4.69, 9.17) is 5.73 Å². The molecule has 3 aromatic rings. The van der Waals surface area contributed by atoms with Gasteiger partial charge in [0.15, 0.2) is 0 Å². The Morgan fingerprint density at radius 3 is 2.80 bits per heavy atom. The molecule has 4 nitrogen and oxygen atoms in total. The number of nitrogens with zero attached hydrogens (tertiary/aromatic N) is 3. The van der Waals surface area contributed by atoms with Gasteiger partial charge in [-0.2, -0.15) is 0 Å². The lowest BCUT2D eigenvalue weighted by Crippen LogP contribution is -2.02. The van der Waals surface area contributed by atoms with Crippen LogP contribution in [0.15, 0.2) is 42.9 Å². The lowest BCUT2D eigenvalue weighted by atomic mass is 9.99. The van der Waals surface area contributed by atoms with E-state index in [0.29, 0.717) is 5.82 Å². The quantitative estimate of drug-likeness (QED) is 0.788. The van der Waals surface area contributed by atoms with Crippen molar-refractivity contribution in [1.29, 1.82) is 0 Å². The summed E-state index contributed by atoms with van der Waals surface area (Å²) in [5.74, 6) is 0.567. The third-order valence-corrected chi connectivity index (χ3v) is 3.38. The number of hydrogen-bond acceptors (Lipinski definition) is 4. The summed E-state index contributed by atoms with van der Waals surface area (Å²) in [5, 5.41) is 1.09. The van der Waals surface area contributed by atoms with Gasteiger partial charge in [0.25, 0.3) is 0 Å². The van der Waals surface area contributed by atoms with Gasteiger partial charge in [-0.3, -0.25) is 4.98 Å². The molecule has 100 valence electrons. The maximum absolute atomic E-state index is 6.02. The van der Waals surface area contributed by atoms with Crippen molar-refractivity contribution < 1.29 is 0 Å². The number of rotatable bonds is 3. The molecule has 2 aromatic heterocycles. The molecular weight excluding hydrogens is 248 g/mol. The van der Waals surface area contributed by atoms with Crippen LogP contribution in [0.3, 0.4) is 0 Å². The summed E-state index contributed by atoms with van der Waals surface area (Å²) < 4.78 is 0. The number of fused-ring (bicyclic) bond motifs is 1. The molecule has 0 radical (unpaired) electrons. The number of aromatic nitrogens is 3. The van der Waals surface area contributed by atoms with Crippen LogP contribution < -0.4 is 5.73 Å². The van der Waals surface area contributed by atoms with Crippen LogP contribution in [-0.4, -0.2) is 15.0 Å². The minimum absolute atomic E-state index is 0.567. The molecule has 20 heavy (non-hydrogen) atoms. The summed E-state index contributed by atoms with van der Waals surface area (Å²) in [6, 6.07) is 10.1. The number of pyridine rings is 1. The molecule has 0 bridgehead atoms. The fourth-order valence-corrected chi connectivity index (χ4v) is 2.46. The van der Waals surface area contributed by atoms with E-state index in [2.05, 4.69) is 34.0 Å². The predicted octanol–water partition coefficient (Wildman–Crippen LogP) is 3.23. The van der Waals surface area contributed by atoms with Gasteiger partial charge >= 0.3 is 0 Å². The van der Waals surface area contributed by atoms with Crippen molar-refractivity contribution in [1.82, 2.24) is 15.0 Å². The summed E-state index contributed by atoms with van der Waals surface area (Å²) in [4.78, 5) is 13.0. The second-order valence-electron chi connectivity index (χ2n) is 4.71. The zero-order valence-corrected chi connectivity index (χ0v) is 11.4. The smallest absolute Gasteiger partial charge is 0.130 e. The highest BCUT2D eigenvalue weighted by atomic mass is 14.9. The highest BCUT2D eigenvalue weighted by molar-refractivity contribution is 5.94. The van der Waals surface area contributed by atoms with Crippen molar-refractivity contribution in [3.05, 3.63) is 48.4 Å². The molecule has 2 heterocycles. The first kappa shape index (κ1) is 12.5. The fourth-order valence-electron chi connectivity index (χ4n) is 2.46.